The second-order valence-electron chi connectivity index (χ2n) is 12.0. The third kappa shape index (κ3) is 5.43. The number of hydrogen-bond donors (Lipinski definition) is 1. The predicted molar refractivity (Wildman–Crippen MR) is 152 cm³/mol. The molecule has 1 aromatic heterocycles. The van der Waals surface area contributed by atoms with E-state index in [0.717, 1.165) is 6.07 Å². The Morgan fingerprint density at radius 1 is 1.07 bits per heavy atom. The number of carbonyl (C=O) groups is 2. The molecule has 0 radical (unpaired) electrons. The van der Waals surface area contributed by atoms with Crippen molar-refractivity contribution in [2.24, 2.45) is 0 Å². The molecule has 1 N–H and O–H groups in total. The van der Waals surface area contributed by atoms with Crippen LogP contribution in [0, 0.1) is 18.6 Å². The lowest BCUT2D eigenvalue weighted by molar-refractivity contribution is -0.140. The molecule has 1 unspecified atom stereocenters. The van der Waals surface area contributed by atoms with Crippen molar-refractivity contribution in [3.8, 4) is 0 Å². The van der Waals surface area contributed by atoms with Gasteiger partial charge < -0.3 is 15.0 Å². The average Bonchev–Trinajstić information content (AvgIpc) is 3.36. The molecule has 2 aromatic carbocycles. The lowest BCUT2D eigenvalue weighted by Crippen LogP contribution is -2.60. The Labute approximate surface area is 251 Å². The van der Waals surface area contributed by atoms with Gasteiger partial charge in [-0.25, -0.2) is 23.5 Å². The first-order valence-electron chi connectivity index (χ1n) is 14.1. The van der Waals surface area contributed by atoms with Crippen LogP contribution in [0.15, 0.2) is 42.5 Å². The van der Waals surface area contributed by atoms with Crippen LogP contribution in [-0.2, 0) is 27.8 Å². The fourth-order valence-electron chi connectivity index (χ4n) is 5.86. The number of carbonyl (C=O) groups excluding carboxylic acids is 2. The highest BCUT2D eigenvalue weighted by Crippen LogP contribution is 2.48. The summed E-state index contributed by atoms with van der Waals surface area (Å²) in [6, 6.07) is 7.68. The molecule has 2 aliphatic rings. The van der Waals surface area contributed by atoms with E-state index in [9.17, 15) is 22.8 Å². The number of ether oxygens (including phenoxy) is 1. The summed E-state index contributed by atoms with van der Waals surface area (Å²) in [4.78, 5) is 39.6. The number of alkyl halides is 3. The summed E-state index contributed by atoms with van der Waals surface area (Å²) in [7, 11) is 0. The number of aromatic nitrogens is 2. The van der Waals surface area contributed by atoms with Gasteiger partial charge in [0.15, 0.2) is 5.54 Å². The van der Waals surface area contributed by atoms with Crippen molar-refractivity contribution in [2.75, 3.05) is 16.8 Å². The van der Waals surface area contributed by atoms with Gasteiger partial charge in [0.05, 0.1) is 29.5 Å². The Morgan fingerprint density at radius 2 is 1.77 bits per heavy atom. The van der Waals surface area contributed by atoms with Crippen molar-refractivity contribution in [1.29, 1.82) is 0 Å². The molecule has 2 amide bonds. The van der Waals surface area contributed by atoms with Gasteiger partial charge in [0.1, 0.15) is 28.9 Å². The van der Waals surface area contributed by atoms with E-state index in [1.165, 1.54) is 41.0 Å². The minimum absolute atomic E-state index is 0.0398. The number of nitrogens with zero attached hydrogens (tertiary/aromatic N) is 4. The third-order valence-electron chi connectivity index (χ3n) is 7.72. The normalized spacial score (nSPS) is 19.3. The second-order valence-corrected chi connectivity index (χ2v) is 12.0. The zero-order valence-corrected chi connectivity index (χ0v) is 24.9. The van der Waals surface area contributed by atoms with Gasteiger partial charge in [0.25, 0.3) is 5.91 Å². The maximum Gasteiger partial charge on any atom is 0.419 e. The van der Waals surface area contributed by atoms with Gasteiger partial charge in [0, 0.05) is 17.7 Å². The Hall–Kier alpha value is -4.29. The van der Waals surface area contributed by atoms with Crippen molar-refractivity contribution < 1.29 is 36.3 Å². The Morgan fingerprint density at radius 3 is 2.43 bits per heavy atom. The summed E-state index contributed by atoms with van der Waals surface area (Å²) < 4.78 is 76.3. The average molecular weight is 618 g/mol. The summed E-state index contributed by atoms with van der Waals surface area (Å²) in [5.41, 5.74) is -3.76. The number of para-hydroxylation sites is 1. The predicted octanol–water partition coefficient (Wildman–Crippen LogP) is 7.03. The summed E-state index contributed by atoms with van der Waals surface area (Å²) in [6.45, 7) is 8.05. The van der Waals surface area contributed by atoms with Crippen molar-refractivity contribution in [3.63, 3.8) is 0 Å². The fraction of sp³-hybridized carbons (Fsp3) is 0.419. The second kappa shape index (κ2) is 11.0. The third-order valence-corrected chi connectivity index (χ3v) is 7.72. The zero-order valence-electron chi connectivity index (χ0n) is 24.9. The van der Waals surface area contributed by atoms with E-state index >= 15 is 8.78 Å². The van der Waals surface area contributed by atoms with E-state index in [-0.39, 0.29) is 48.1 Å². The minimum atomic E-state index is -4.90. The standard InChI is InChI=1S/C31H32F5N5O3/c1-17(19-10-8-11-21(24(19)33)31(34,35)36)37-26-20-16-40(23-13-7-6-12-22(23)32)27(42)30(25(20)38-18(2)39-26)14-9-15-41(30)28(43)44-29(3,4)5/h6-8,10-13,17H,9,14-16H2,1-5H3,(H,37,38,39)/t17-,30?/m1/s1. The molecule has 1 fully saturated rings. The van der Waals surface area contributed by atoms with E-state index in [4.69, 9.17) is 4.74 Å². The molecule has 8 nitrogen and oxygen atoms in total. The summed E-state index contributed by atoms with van der Waals surface area (Å²) in [5.74, 6) is -2.37. The van der Waals surface area contributed by atoms with E-state index in [0.29, 0.717) is 18.1 Å². The van der Waals surface area contributed by atoms with Crippen LogP contribution >= 0.6 is 0 Å². The maximum atomic E-state index is 15.2. The Balaban J connectivity index is 1.67. The molecule has 0 saturated carbocycles. The number of likely N-dealkylation sites (tertiary alicyclic amines) is 1. The van der Waals surface area contributed by atoms with Crippen LogP contribution in [0.1, 0.15) is 74.8 Å². The summed E-state index contributed by atoms with van der Waals surface area (Å²) in [5, 5.41) is 3.01. The molecular formula is C31H32F5N5O3. The Kier molecular flexibility index (Phi) is 7.79. The van der Waals surface area contributed by atoms with E-state index in [1.54, 1.807) is 33.8 Å². The topological polar surface area (TPSA) is 87.7 Å². The highest BCUT2D eigenvalue weighted by Gasteiger charge is 2.59. The SMILES string of the molecule is Cc1nc(N[C@H](C)c2cccc(C(F)(F)F)c2F)c2c(n1)C1(CCCN1C(=O)OC(C)(C)C)C(=O)N(c1ccccc1F)C2. The lowest BCUT2D eigenvalue weighted by atomic mass is 9.83. The van der Waals surface area contributed by atoms with Crippen molar-refractivity contribution in [1.82, 2.24) is 14.9 Å². The number of fused-ring (bicyclic) bond motifs is 2. The number of halogens is 5. The number of nitrogens with one attached hydrogen (secondary N) is 1. The number of benzene rings is 2. The fourth-order valence-corrected chi connectivity index (χ4v) is 5.86. The van der Waals surface area contributed by atoms with Gasteiger partial charge in [-0.1, -0.05) is 24.3 Å². The van der Waals surface area contributed by atoms with Gasteiger partial charge in [-0.3, -0.25) is 9.69 Å². The first-order valence-corrected chi connectivity index (χ1v) is 14.1. The molecular weight excluding hydrogens is 585 g/mol. The van der Waals surface area contributed by atoms with Crippen LogP contribution in [-0.4, -0.2) is 39.0 Å². The van der Waals surface area contributed by atoms with Crippen molar-refractivity contribution >= 4 is 23.5 Å². The monoisotopic (exact) mass is 617 g/mol. The molecule has 2 aliphatic heterocycles. The van der Waals surface area contributed by atoms with Crippen LogP contribution < -0.4 is 10.2 Å². The van der Waals surface area contributed by atoms with Crippen LogP contribution in [0.2, 0.25) is 0 Å². The zero-order chi connectivity index (χ0) is 32.2. The van der Waals surface area contributed by atoms with Gasteiger partial charge in [0.2, 0.25) is 0 Å². The molecule has 1 spiro atoms. The highest BCUT2D eigenvalue weighted by molar-refractivity contribution is 6.04. The summed E-state index contributed by atoms with van der Waals surface area (Å²) in [6.07, 6.45) is -5.09. The Bertz CT molecular complexity index is 1620. The van der Waals surface area contributed by atoms with Crippen LogP contribution in [0.25, 0.3) is 0 Å². The lowest BCUT2D eigenvalue weighted by Gasteiger charge is -2.45. The maximum absolute atomic E-state index is 15.2. The van der Waals surface area contributed by atoms with Crippen molar-refractivity contribution in [2.45, 2.75) is 77.4 Å². The molecule has 5 rings (SSSR count). The molecule has 3 heterocycles. The van der Waals surface area contributed by atoms with Crippen LogP contribution in [0.3, 0.4) is 0 Å². The number of amides is 2. The van der Waals surface area contributed by atoms with Crippen molar-refractivity contribution in [3.05, 3.63) is 82.3 Å². The number of rotatable bonds is 4. The molecule has 44 heavy (non-hydrogen) atoms. The largest absolute Gasteiger partial charge is 0.444 e. The van der Waals surface area contributed by atoms with E-state index < -0.39 is 52.6 Å². The van der Waals surface area contributed by atoms with E-state index in [1.807, 2.05) is 0 Å². The molecule has 1 saturated heterocycles. The summed E-state index contributed by atoms with van der Waals surface area (Å²) >= 11 is 0. The molecule has 2 atom stereocenters. The quantitative estimate of drug-likeness (QED) is 0.317. The first-order chi connectivity index (χ1) is 20.5. The molecule has 0 bridgehead atoms. The number of hydrogen-bond acceptors (Lipinski definition) is 6. The van der Waals surface area contributed by atoms with Crippen LogP contribution in [0.5, 0.6) is 0 Å². The molecule has 234 valence electrons. The van der Waals surface area contributed by atoms with Gasteiger partial charge in [-0.05, 0) is 65.7 Å². The van der Waals surface area contributed by atoms with Gasteiger partial charge >= 0.3 is 12.3 Å². The number of aryl methyl sites for hydroxylation is 1. The smallest absolute Gasteiger partial charge is 0.419 e. The molecule has 0 aliphatic carbocycles. The first kappa shape index (κ1) is 31.1. The van der Waals surface area contributed by atoms with Gasteiger partial charge in [-0.15, -0.1) is 0 Å². The molecule has 3 aromatic rings. The van der Waals surface area contributed by atoms with Crippen LogP contribution in [0.4, 0.5) is 38.3 Å². The molecule has 13 heteroatoms. The van der Waals surface area contributed by atoms with E-state index in [2.05, 4.69) is 15.3 Å². The minimum Gasteiger partial charge on any atom is -0.444 e. The number of anilines is 2. The highest BCUT2D eigenvalue weighted by atomic mass is 19.4. The van der Waals surface area contributed by atoms with Gasteiger partial charge in [-0.2, -0.15) is 13.2 Å².